The van der Waals surface area contributed by atoms with Crippen molar-refractivity contribution in [2.45, 2.75) is 20.4 Å². The molecule has 0 aliphatic rings. The van der Waals surface area contributed by atoms with Crippen LogP contribution in [0.15, 0.2) is 42.5 Å². The van der Waals surface area contributed by atoms with Gasteiger partial charge in [-0.3, -0.25) is 4.68 Å². The summed E-state index contributed by atoms with van der Waals surface area (Å²) in [5.41, 5.74) is 4.11. The molecular formula is C19H17Cl2FN4S. The quantitative estimate of drug-likeness (QED) is 0.521. The van der Waals surface area contributed by atoms with Gasteiger partial charge in [0.15, 0.2) is 5.11 Å². The lowest BCUT2D eigenvalue weighted by molar-refractivity contribution is 0.622. The van der Waals surface area contributed by atoms with E-state index in [2.05, 4.69) is 15.7 Å². The highest BCUT2D eigenvalue weighted by molar-refractivity contribution is 7.80. The fraction of sp³-hybridized carbons (Fsp3) is 0.158. The highest BCUT2D eigenvalue weighted by Gasteiger charge is 2.14. The van der Waals surface area contributed by atoms with Crippen LogP contribution in [0.2, 0.25) is 10.0 Å². The summed E-state index contributed by atoms with van der Waals surface area (Å²) in [6, 6.07) is 11.5. The van der Waals surface area contributed by atoms with Crippen LogP contribution in [0.3, 0.4) is 0 Å². The lowest BCUT2D eigenvalue weighted by atomic mass is 10.2. The van der Waals surface area contributed by atoms with E-state index < -0.39 is 0 Å². The molecule has 0 fully saturated rings. The number of thiocarbonyl (C=S) groups is 1. The molecule has 140 valence electrons. The second-order valence-corrected chi connectivity index (χ2v) is 7.29. The summed E-state index contributed by atoms with van der Waals surface area (Å²) in [5.74, 6) is -0.259. The average Bonchev–Trinajstić information content (AvgIpc) is 2.87. The molecule has 8 heteroatoms. The van der Waals surface area contributed by atoms with Crippen molar-refractivity contribution in [1.29, 1.82) is 0 Å². The monoisotopic (exact) mass is 422 g/mol. The fourth-order valence-corrected chi connectivity index (χ4v) is 3.20. The molecule has 0 radical (unpaired) electrons. The number of aromatic nitrogens is 2. The van der Waals surface area contributed by atoms with Crippen LogP contribution in [-0.2, 0) is 6.54 Å². The number of hydrogen-bond donors (Lipinski definition) is 2. The van der Waals surface area contributed by atoms with Crippen LogP contribution in [0.25, 0.3) is 0 Å². The van der Waals surface area contributed by atoms with Crippen LogP contribution in [0.4, 0.5) is 15.8 Å². The number of anilines is 2. The Balaban J connectivity index is 1.75. The van der Waals surface area contributed by atoms with Gasteiger partial charge in [0, 0.05) is 5.02 Å². The first-order valence-corrected chi connectivity index (χ1v) is 9.31. The molecule has 0 unspecified atom stereocenters. The van der Waals surface area contributed by atoms with Crippen molar-refractivity contribution in [2.24, 2.45) is 0 Å². The predicted octanol–water partition coefficient (Wildman–Crippen LogP) is 5.80. The second-order valence-electron chi connectivity index (χ2n) is 6.03. The first-order chi connectivity index (χ1) is 12.8. The molecule has 3 rings (SSSR count). The molecule has 2 N–H and O–H groups in total. The van der Waals surface area contributed by atoms with E-state index in [9.17, 15) is 4.39 Å². The van der Waals surface area contributed by atoms with E-state index in [4.69, 9.17) is 35.4 Å². The maximum absolute atomic E-state index is 13.1. The lowest BCUT2D eigenvalue weighted by Crippen LogP contribution is -2.20. The maximum atomic E-state index is 13.1. The Morgan fingerprint density at radius 2 is 1.81 bits per heavy atom. The Hall–Kier alpha value is -2.15. The molecule has 2 aromatic carbocycles. The normalized spacial score (nSPS) is 10.7. The minimum atomic E-state index is -0.259. The molecule has 0 spiro atoms. The Bertz CT molecular complexity index is 986. The third kappa shape index (κ3) is 4.77. The van der Waals surface area contributed by atoms with Crippen LogP contribution in [0.5, 0.6) is 0 Å². The van der Waals surface area contributed by atoms with E-state index in [0.29, 0.717) is 27.4 Å². The van der Waals surface area contributed by atoms with Gasteiger partial charge in [0.25, 0.3) is 0 Å². The predicted molar refractivity (Wildman–Crippen MR) is 114 cm³/mol. The Morgan fingerprint density at radius 1 is 1.11 bits per heavy atom. The molecule has 1 aromatic heterocycles. The zero-order chi connectivity index (χ0) is 19.6. The zero-order valence-corrected chi connectivity index (χ0v) is 17.0. The molecule has 3 aromatic rings. The van der Waals surface area contributed by atoms with Crippen LogP contribution < -0.4 is 10.6 Å². The third-order valence-corrected chi connectivity index (χ3v) is 4.81. The van der Waals surface area contributed by atoms with Crippen molar-refractivity contribution in [3.8, 4) is 0 Å². The number of aryl methyl sites for hydroxylation is 1. The third-order valence-electron chi connectivity index (χ3n) is 4.04. The SMILES string of the molecule is Cc1nn(Cc2ccc(F)cc2)c(C)c1NC(=S)Nc1cc(Cl)ccc1Cl. The molecule has 0 aliphatic heterocycles. The van der Waals surface area contributed by atoms with Gasteiger partial charge in [-0.25, -0.2) is 4.39 Å². The molecule has 4 nitrogen and oxygen atoms in total. The topological polar surface area (TPSA) is 41.9 Å². The number of benzene rings is 2. The van der Waals surface area contributed by atoms with E-state index in [1.165, 1.54) is 12.1 Å². The second kappa shape index (κ2) is 8.25. The van der Waals surface area contributed by atoms with Crippen molar-refractivity contribution in [3.63, 3.8) is 0 Å². The number of halogens is 3. The number of hydrogen-bond acceptors (Lipinski definition) is 2. The van der Waals surface area contributed by atoms with Crippen LogP contribution in [0, 0.1) is 19.7 Å². The molecule has 0 bridgehead atoms. The van der Waals surface area contributed by atoms with E-state index >= 15 is 0 Å². The molecule has 0 amide bonds. The summed E-state index contributed by atoms with van der Waals surface area (Å²) >= 11 is 17.6. The van der Waals surface area contributed by atoms with Gasteiger partial charge in [0.2, 0.25) is 0 Å². The largest absolute Gasteiger partial charge is 0.331 e. The Morgan fingerprint density at radius 3 is 2.52 bits per heavy atom. The molecule has 1 heterocycles. The van der Waals surface area contributed by atoms with Gasteiger partial charge in [0.1, 0.15) is 5.82 Å². The maximum Gasteiger partial charge on any atom is 0.175 e. The van der Waals surface area contributed by atoms with Crippen molar-refractivity contribution in [3.05, 3.63) is 75.3 Å². The molecule has 27 heavy (non-hydrogen) atoms. The standard InChI is InChI=1S/C19H17Cl2FN4S/c1-11-18(24-19(27)23-17-9-14(20)5-8-16(17)21)12(2)26(25-11)10-13-3-6-15(22)7-4-13/h3-9H,10H2,1-2H3,(H2,23,24,27). The van der Waals surface area contributed by atoms with E-state index in [1.807, 2.05) is 18.5 Å². The molecular weight excluding hydrogens is 406 g/mol. The first-order valence-electron chi connectivity index (χ1n) is 8.15. The summed E-state index contributed by atoms with van der Waals surface area (Å²) in [7, 11) is 0. The van der Waals surface area contributed by atoms with Gasteiger partial charge in [-0.2, -0.15) is 5.10 Å². The fourth-order valence-electron chi connectivity index (χ4n) is 2.65. The van der Waals surface area contributed by atoms with E-state index in [-0.39, 0.29) is 5.82 Å². The van der Waals surface area contributed by atoms with Crippen LogP contribution in [0.1, 0.15) is 17.0 Å². The smallest absolute Gasteiger partial charge is 0.175 e. The van der Waals surface area contributed by atoms with Gasteiger partial charge in [-0.15, -0.1) is 0 Å². The van der Waals surface area contributed by atoms with Gasteiger partial charge >= 0.3 is 0 Å². The van der Waals surface area contributed by atoms with Crippen molar-refractivity contribution >= 4 is 51.9 Å². The number of nitrogens with one attached hydrogen (secondary N) is 2. The molecule has 0 aliphatic carbocycles. The lowest BCUT2D eigenvalue weighted by Gasteiger charge is -2.12. The van der Waals surface area contributed by atoms with Gasteiger partial charge in [-0.05, 0) is 62.0 Å². The number of nitrogens with zero attached hydrogens (tertiary/aromatic N) is 2. The van der Waals surface area contributed by atoms with Gasteiger partial charge < -0.3 is 10.6 Å². The van der Waals surface area contributed by atoms with Gasteiger partial charge in [0.05, 0.1) is 34.3 Å². The minimum absolute atomic E-state index is 0.259. The van der Waals surface area contributed by atoms with Crippen LogP contribution in [-0.4, -0.2) is 14.9 Å². The minimum Gasteiger partial charge on any atom is -0.331 e. The van der Waals surface area contributed by atoms with Gasteiger partial charge in [-0.1, -0.05) is 35.3 Å². The Labute approximate surface area is 172 Å². The number of rotatable bonds is 4. The average molecular weight is 423 g/mol. The molecule has 0 saturated heterocycles. The molecule has 0 atom stereocenters. The summed E-state index contributed by atoms with van der Waals surface area (Å²) in [6.07, 6.45) is 0. The van der Waals surface area contributed by atoms with E-state index in [0.717, 1.165) is 22.6 Å². The van der Waals surface area contributed by atoms with Crippen LogP contribution >= 0.6 is 35.4 Å². The zero-order valence-electron chi connectivity index (χ0n) is 14.7. The van der Waals surface area contributed by atoms with Crippen molar-refractivity contribution in [2.75, 3.05) is 10.6 Å². The Kier molecular flexibility index (Phi) is 5.99. The van der Waals surface area contributed by atoms with Crippen molar-refractivity contribution < 1.29 is 4.39 Å². The summed E-state index contributed by atoms with van der Waals surface area (Å²) < 4.78 is 14.9. The summed E-state index contributed by atoms with van der Waals surface area (Å²) in [5, 5.41) is 12.2. The highest BCUT2D eigenvalue weighted by atomic mass is 35.5. The first kappa shape index (κ1) is 19.6. The van der Waals surface area contributed by atoms with Crippen molar-refractivity contribution in [1.82, 2.24) is 9.78 Å². The highest BCUT2D eigenvalue weighted by Crippen LogP contribution is 2.26. The summed E-state index contributed by atoms with van der Waals surface area (Å²) in [4.78, 5) is 0. The summed E-state index contributed by atoms with van der Waals surface area (Å²) in [6.45, 7) is 4.38. The van der Waals surface area contributed by atoms with E-state index in [1.54, 1.807) is 30.3 Å². The molecule has 0 saturated carbocycles.